The Labute approximate surface area is 185 Å². The summed E-state index contributed by atoms with van der Waals surface area (Å²) in [6.45, 7) is 1.71. The Morgan fingerprint density at radius 3 is 2.60 bits per heavy atom. The number of aromatic nitrogens is 3. The molecular formula is C22H19IN4O3. The summed E-state index contributed by atoms with van der Waals surface area (Å²) >= 11 is 2.21. The number of pyridine rings is 1. The zero-order chi connectivity index (χ0) is 21.4. The van der Waals surface area contributed by atoms with Crippen LogP contribution in [0.2, 0.25) is 0 Å². The molecule has 0 fully saturated rings. The summed E-state index contributed by atoms with van der Waals surface area (Å²) in [6.07, 6.45) is 0. The predicted octanol–water partition coefficient (Wildman–Crippen LogP) is 3.31. The number of carbonyl (C=O) groups excluding carboxylic acids is 1. The van der Waals surface area contributed by atoms with E-state index >= 15 is 0 Å². The molecule has 4 rings (SSSR count). The zero-order valence-electron chi connectivity index (χ0n) is 16.4. The number of nitrogens with one attached hydrogen (secondary N) is 2. The topological polar surface area (TPSA) is 88.9 Å². The summed E-state index contributed by atoms with van der Waals surface area (Å²) in [4.78, 5) is 37.3. The van der Waals surface area contributed by atoms with Crippen molar-refractivity contribution < 1.29 is 4.79 Å². The van der Waals surface area contributed by atoms with Gasteiger partial charge in [0.2, 0.25) is 5.91 Å². The van der Waals surface area contributed by atoms with Crippen LogP contribution in [-0.2, 0) is 18.4 Å². The molecule has 0 aliphatic carbocycles. The molecule has 0 aliphatic rings. The van der Waals surface area contributed by atoms with Gasteiger partial charge < -0.3 is 9.88 Å². The van der Waals surface area contributed by atoms with Gasteiger partial charge in [-0.15, -0.1) is 0 Å². The van der Waals surface area contributed by atoms with Crippen molar-refractivity contribution in [2.24, 2.45) is 7.05 Å². The molecule has 2 heterocycles. The molecule has 4 aromatic rings. The third-order valence-corrected chi connectivity index (χ3v) is 5.47. The van der Waals surface area contributed by atoms with E-state index in [2.05, 4.69) is 33.0 Å². The van der Waals surface area contributed by atoms with Gasteiger partial charge in [-0.25, -0.2) is 0 Å². The molecule has 0 radical (unpaired) electrons. The molecule has 0 bridgehead atoms. The monoisotopic (exact) mass is 514 g/mol. The van der Waals surface area contributed by atoms with E-state index in [0.717, 1.165) is 14.7 Å². The van der Waals surface area contributed by atoms with Gasteiger partial charge in [0, 0.05) is 34.9 Å². The third-order valence-electron chi connectivity index (χ3n) is 4.80. The minimum atomic E-state index is -0.219. The third kappa shape index (κ3) is 3.82. The first-order valence-corrected chi connectivity index (χ1v) is 10.4. The lowest BCUT2D eigenvalue weighted by molar-refractivity contribution is -0.114. The van der Waals surface area contributed by atoms with Gasteiger partial charge in [0.25, 0.3) is 11.1 Å². The molecule has 2 aromatic carbocycles. The summed E-state index contributed by atoms with van der Waals surface area (Å²) in [7, 11) is 1.63. The summed E-state index contributed by atoms with van der Waals surface area (Å²) in [5.74, 6) is -0.166. The Bertz CT molecular complexity index is 1400. The van der Waals surface area contributed by atoms with E-state index in [4.69, 9.17) is 0 Å². The molecule has 0 aliphatic heterocycles. The van der Waals surface area contributed by atoms with Crippen molar-refractivity contribution in [1.29, 1.82) is 0 Å². The highest BCUT2D eigenvalue weighted by atomic mass is 127. The van der Waals surface area contributed by atoms with Gasteiger partial charge >= 0.3 is 0 Å². The molecule has 0 saturated heterocycles. The molecule has 0 unspecified atom stereocenters. The second-order valence-electron chi connectivity index (χ2n) is 7.07. The van der Waals surface area contributed by atoms with E-state index < -0.39 is 0 Å². The van der Waals surface area contributed by atoms with E-state index in [-0.39, 0.29) is 23.6 Å². The van der Waals surface area contributed by atoms with E-state index in [9.17, 15) is 14.4 Å². The first-order valence-electron chi connectivity index (χ1n) is 9.28. The zero-order valence-corrected chi connectivity index (χ0v) is 18.6. The first-order chi connectivity index (χ1) is 14.3. The van der Waals surface area contributed by atoms with Crippen molar-refractivity contribution in [2.75, 3.05) is 5.32 Å². The van der Waals surface area contributed by atoms with E-state index in [1.807, 2.05) is 42.5 Å². The molecule has 152 valence electrons. The van der Waals surface area contributed by atoms with Gasteiger partial charge in [-0.2, -0.15) is 0 Å². The van der Waals surface area contributed by atoms with Crippen LogP contribution in [0.25, 0.3) is 22.2 Å². The summed E-state index contributed by atoms with van der Waals surface area (Å²) in [5.41, 5.74) is 2.94. The Hall–Kier alpha value is -3.14. The van der Waals surface area contributed by atoms with Gasteiger partial charge in [-0.05, 0) is 52.4 Å². The molecule has 8 heteroatoms. The van der Waals surface area contributed by atoms with Gasteiger partial charge in [-0.3, -0.25) is 24.2 Å². The summed E-state index contributed by atoms with van der Waals surface area (Å²) in [6, 6.07) is 16.5. The Balaban J connectivity index is 1.96. The fourth-order valence-electron chi connectivity index (χ4n) is 3.58. The Kier molecular flexibility index (Phi) is 5.33. The fourth-order valence-corrected chi connectivity index (χ4v) is 4.12. The van der Waals surface area contributed by atoms with Crippen LogP contribution in [0.1, 0.15) is 12.5 Å². The number of nitrogens with zero attached hydrogens (tertiary/aromatic N) is 2. The van der Waals surface area contributed by atoms with Crippen LogP contribution in [0, 0.1) is 3.57 Å². The molecule has 30 heavy (non-hydrogen) atoms. The van der Waals surface area contributed by atoms with Crippen LogP contribution in [0.4, 0.5) is 5.69 Å². The van der Waals surface area contributed by atoms with Gasteiger partial charge in [-0.1, -0.05) is 24.3 Å². The highest BCUT2D eigenvalue weighted by Gasteiger charge is 2.18. The molecule has 0 atom stereocenters. The minimum absolute atomic E-state index is 0.166. The van der Waals surface area contributed by atoms with E-state index in [1.54, 1.807) is 17.7 Å². The number of hydrogen-bond donors (Lipinski definition) is 2. The van der Waals surface area contributed by atoms with Crippen molar-refractivity contribution in [1.82, 2.24) is 14.3 Å². The van der Waals surface area contributed by atoms with Gasteiger partial charge in [0.05, 0.1) is 23.1 Å². The number of hydrogen-bond acceptors (Lipinski definition) is 3. The van der Waals surface area contributed by atoms with Crippen LogP contribution < -0.4 is 16.4 Å². The van der Waals surface area contributed by atoms with Gasteiger partial charge in [0.15, 0.2) is 0 Å². The minimum Gasteiger partial charge on any atom is -0.326 e. The molecule has 0 spiro atoms. The molecule has 7 nitrogen and oxygen atoms in total. The number of anilines is 1. The second-order valence-corrected chi connectivity index (χ2v) is 8.32. The van der Waals surface area contributed by atoms with Gasteiger partial charge in [0.1, 0.15) is 0 Å². The molecule has 1 amide bonds. The summed E-state index contributed by atoms with van der Waals surface area (Å²) in [5, 5.41) is 6.18. The first kappa shape index (κ1) is 20.1. The maximum atomic E-state index is 13.1. The van der Waals surface area contributed by atoms with E-state index in [0.29, 0.717) is 22.3 Å². The lowest BCUT2D eigenvalue weighted by Crippen LogP contribution is -2.23. The van der Waals surface area contributed by atoms with Crippen molar-refractivity contribution in [3.63, 3.8) is 0 Å². The molecule has 2 aromatic heterocycles. The number of aryl methyl sites for hydroxylation is 1. The van der Waals surface area contributed by atoms with Crippen LogP contribution in [-0.4, -0.2) is 20.3 Å². The largest absolute Gasteiger partial charge is 0.326 e. The van der Waals surface area contributed by atoms with Crippen molar-refractivity contribution in [2.45, 2.75) is 13.5 Å². The van der Waals surface area contributed by atoms with Crippen LogP contribution >= 0.6 is 22.6 Å². The quantitative estimate of drug-likeness (QED) is 0.410. The Morgan fingerprint density at radius 1 is 1.10 bits per heavy atom. The standard InChI is InChI=1S/C22H19IN4O3/c1-13(28)24-17-8-3-5-14(9-17)12-27-19(29)11-18-20(22(30)26(2)25-18)21(27)15-6-4-7-16(23)10-15/h3-11,25H,12H2,1-2H3,(H,24,28). The van der Waals surface area contributed by atoms with E-state index in [1.165, 1.54) is 17.7 Å². The van der Waals surface area contributed by atoms with Crippen molar-refractivity contribution >= 4 is 45.1 Å². The molecular weight excluding hydrogens is 495 g/mol. The Morgan fingerprint density at radius 2 is 1.87 bits per heavy atom. The number of carbonyl (C=O) groups is 1. The van der Waals surface area contributed by atoms with Crippen LogP contribution in [0.5, 0.6) is 0 Å². The predicted molar refractivity (Wildman–Crippen MR) is 126 cm³/mol. The number of rotatable bonds is 4. The highest BCUT2D eigenvalue weighted by molar-refractivity contribution is 14.1. The SMILES string of the molecule is CC(=O)Nc1cccc(Cn2c(-c3cccc(I)c3)c3c(=O)n(C)[nH]c3cc2=O)c1. The van der Waals surface area contributed by atoms with Crippen molar-refractivity contribution in [3.8, 4) is 11.3 Å². The fraction of sp³-hybridized carbons (Fsp3) is 0.136. The number of halogens is 1. The number of benzene rings is 2. The van der Waals surface area contributed by atoms with Crippen LogP contribution in [0.3, 0.4) is 0 Å². The maximum Gasteiger partial charge on any atom is 0.276 e. The summed E-state index contributed by atoms with van der Waals surface area (Å²) < 4.78 is 3.99. The second kappa shape index (κ2) is 7.94. The average molecular weight is 514 g/mol. The lowest BCUT2D eigenvalue weighted by atomic mass is 10.1. The normalized spacial score (nSPS) is 11.0. The average Bonchev–Trinajstić information content (AvgIpc) is 2.95. The highest BCUT2D eigenvalue weighted by Crippen LogP contribution is 2.27. The number of aromatic amines is 1. The lowest BCUT2D eigenvalue weighted by Gasteiger charge is -2.15. The van der Waals surface area contributed by atoms with Crippen LogP contribution in [0.15, 0.2) is 64.2 Å². The maximum absolute atomic E-state index is 13.1. The number of fused-ring (bicyclic) bond motifs is 1. The number of H-pyrrole nitrogens is 1. The smallest absolute Gasteiger partial charge is 0.276 e. The number of amides is 1. The molecule has 0 saturated carbocycles. The molecule has 2 N–H and O–H groups in total. The van der Waals surface area contributed by atoms with Crippen molar-refractivity contribution in [3.05, 3.63) is 84.4 Å².